The van der Waals surface area contributed by atoms with E-state index in [1.807, 2.05) is 24.4 Å². The third kappa shape index (κ3) is 4.40. The van der Waals surface area contributed by atoms with Gasteiger partial charge in [0.15, 0.2) is 0 Å². The van der Waals surface area contributed by atoms with Crippen LogP contribution in [0.2, 0.25) is 0 Å². The largest absolute Gasteiger partial charge is 0.335 e. The summed E-state index contributed by atoms with van der Waals surface area (Å²) in [5, 5.41) is 7.70. The second-order valence-electron chi connectivity index (χ2n) is 7.24. The molecular weight excluding hydrogens is 408 g/mol. The molecule has 0 aromatic carbocycles. The number of urea groups is 1. The summed E-state index contributed by atoms with van der Waals surface area (Å²) in [5.74, 6) is -0.410. The van der Waals surface area contributed by atoms with Gasteiger partial charge < -0.3 is 5.32 Å². The first-order valence-electron chi connectivity index (χ1n) is 9.65. The van der Waals surface area contributed by atoms with Gasteiger partial charge in [0.1, 0.15) is 4.83 Å². The minimum atomic E-state index is -0.462. The van der Waals surface area contributed by atoms with Gasteiger partial charge in [-0.25, -0.2) is 9.78 Å². The molecule has 2 N–H and O–H groups in total. The average Bonchev–Trinajstić information content (AvgIpc) is 3.42. The van der Waals surface area contributed by atoms with Gasteiger partial charge in [-0.05, 0) is 31.9 Å². The van der Waals surface area contributed by atoms with Crippen molar-refractivity contribution in [2.45, 2.75) is 51.6 Å². The first kappa shape index (κ1) is 19.8. The Labute approximate surface area is 175 Å². The van der Waals surface area contributed by atoms with Crippen molar-refractivity contribution < 1.29 is 9.59 Å². The Bertz CT molecular complexity index is 1110. The molecule has 1 fully saturated rings. The number of rotatable bonds is 5. The summed E-state index contributed by atoms with van der Waals surface area (Å²) in [4.78, 5) is 44.3. The van der Waals surface area contributed by atoms with Crippen molar-refractivity contribution in [1.29, 1.82) is 0 Å². The van der Waals surface area contributed by atoms with E-state index in [1.165, 1.54) is 27.1 Å². The van der Waals surface area contributed by atoms with Crippen molar-refractivity contribution in [3.05, 3.63) is 39.1 Å². The third-order valence-electron chi connectivity index (χ3n) is 5.09. The lowest BCUT2D eigenvalue weighted by Crippen LogP contribution is -2.43. The lowest BCUT2D eigenvalue weighted by atomic mass is 10.2. The van der Waals surface area contributed by atoms with Crippen LogP contribution in [0.4, 0.5) is 4.79 Å². The fourth-order valence-electron chi connectivity index (χ4n) is 3.59. The predicted octanol–water partition coefficient (Wildman–Crippen LogP) is 3.65. The van der Waals surface area contributed by atoms with E-state index in [1.54, 1.807) is 11.3 Å². The highest BCUT2D eigenvalue weighted by Crippen LogP contribution is 2.34. The number of carbonyl (C=O) groups excluding carboxylic acids is 2. The van der Waals surface area contributed by atoms with Crippen molar-refractivity contribution in [2.24, 2.45) is 0 Å². The number of nitrogens with one attached hydrogen (secondary N) is 2. The lowest BCUT2D eigenvalue weighted by Gasteiger charge is -2.12. The second kappa shape index (κ2) is 8.46. The lowest BCUT2D eigenvalue weighted by molar-refractivity contribution is -0.120. The number of fused-ring (bicyclic) bond motifs is 1. The van der Waals surface area contributed by atoms with Crippen molar-refractivity contribution in [3.8, 4) is 10.4 Å². The molecule has 1 aliphatic rings. The van der Waals surface area contributed by atoms with Crippen LogP contribution in [0, 0.1) is 6.92 Å². The molecule has 1 aliphatic carbocycles. The molecule has 9 heteroatoms. The fraction of sp³-hybridized carbons (Fsp3) is 0.400. The number of carbonyl (C=O) groups is 2. The van der Waals surface area contributed by atoms with Crippen LogP contribution < -0.4 is 16.2 Å². The molecular formula is C20H22N4O3S2. The molecule has 0 saturated heterocycles. The molecule has 0 radical (unpaired) electrons. The van der Waals surface area contributed by atoms with Gasteiger partial charge in [0.25, 0.3) is 5.56 Å². The highest BCUT2D eigenvalue weighted by atomic mass is 32.1. The number of aromatic nitrogens is 2. The Hall–Kier alpha value is -2.52. The van der Waals surface area contributed by atoms with Crippen LogP contribution in [0.25, 0.3) is 20.7 Å². The molecule has 0 unspecified atom stereocenters. The second-order valence-corrected chi connectivity index (χ2v) is 9.38. The van der Waals surface area contributed by atoms with E-state index in [9.17, 15) is 14.4 Å². The monoisotopic (exact) mass is 430 g/mol. The van der Waals surface area contributed by atoms with Gasteiger partial charge in [-0.3, -0.25) is 19.5 Å². The highest BCUT2D eigenvalue weighted by Gasteiger charge is 2.19. The van der Waals surface area contributed by atoms with E-state index in [4.69, 9.17) is 0 Å². The molecule has 3 aromatic rings. The van der Waals surface area contributed by atoms with E-state index in [0.29, 0.717) is 10.2 Å². The molecule has 0 bridgehead atoms. The number of aryl methyl sites for hydroxylation is 2. The summed E-state index contributed by atoms with van der Waals surface area (Å²) in [7, 11) is 0. The zero-order valence-electron chi connectivity index (χ0n) is 16.1. The topological polar surface area (TPSA) is 93.1 Å². The van der Waals surface area contributed by atoms with Crippen LogP contribution in [0.15, 0.2) is 28.6 Å². The van der Waals surface area contributed by atoms with Gasteiger partial charge in [-0.1, -0.05) is 12.8 Å². The zero-order chi connectivity index (χ0) is 20.4. The maximum absolute atomic E-state index is 13.0. The van der Waals surface area contributed by atoms with E-state index in [0.717, 1.165) is 36.1 Å². The van der Waals surface area contributed by atoms with Crippen LogP contribution in [0.3, 0.4) is 0 Å². The first-order valence-corrected chi connectivity index (χ1v) is 11.3. The molecule has 4 rings (SSSR count). The molecule has 1 saturated carbocycles. The van der Waals surface area contributed by atoms with Crippen molar-refractivity contribution in [3.63, 3.8) is 0 Å². The van der Waals surface area contributed by atoms with Crippen LogP contribution in [0.1, 0.15) is 37.0 Å². The Morgan fingerprint density at radius 1 is 1.28 bits per heavy atom. The van der Waals surface area contributed by atoms with Gasteiger partial charge in [0.05, 0.1) is 11.7 Å². The van der Waals surface area contributed by atoms with E-state index >= 15 is 0 Å². The molecule has 7 nitrogen and oxygen atoms in total. The quantitative estimate of drug-likeness (QED) is 0.646. The SMILES string of the molecule is Cc1ccc(-c2csc3ncn(CCC(=O)NC(=O)NC4CCCC4)c(=O)c23)s1. The molecule has 3 amide bonds. The average molecular weight is 431 g/mol. The molecule has 0 atom stereocenters. The van der Waals surface area contributed by atoms with Gasteiger partial charge >= 0.3 is 6.03 Å². The molecule has 3 heterocycles. The third-order valence-corrected chi connectivity index (χ3v) is 7.01. The van der Waals surface area contributed by atoms with E-state index in [-0.39, 0.29) is 24.6 Å². The Kier molecular flexibility index (Phi) is 5.77. The highest BCUT2D eigenvalue weighted by molar-refractivity contribution is 7.19. The molecule has 0 spiro atoms. The van der Waals surface area contributed by atoms with Crippen LogP contribution in [-0.4, -0.2) is 27.5 Å². The van der Waals surface area contributed by atoms with E-state index in [2.05, 4.69) is 15.6 Å². The number of hydrogen-bond donors (Lipinski definition) is 2. The summed E-state index contributed by atoms with van der Waals surface area (Å²) >= 11 is 3.07. The molecule has 3 aromatic heterocycles. The van der Waals surface area contributed by atoms with Gasteiger partial charge in [-0.2, -0.15) is 0 Å². The van der Waals surface area contributed by atoms with Crippen molar-refractivity contribution in [1.82, 2.24) is 20.2 Å². The number of amides is 3. The van der Waals surface area contributed by atoms with Gasteiger partial charge in [0, 0.05) is 39.7 Å². The van der Waals surface area contributed by atoms with Gasteiger partial charge in [0.2, 0.25) is 5.91 Å². The first-order chi connectivity index (χ1) is 14.0. The molecule has 152 valence electrons. The Morgan fingerprint density at radius 2 is 2.07 bits per heavy atom. The summed E-state index contributed by atoms with van der Waals surface area (Å²) in [6.07, 6.45) is 5.61. The van der Waals surface area contributed by atoms with Crippen molar-refractivity contribution in [2.75, 3.05) is 0 Å². The molecule has 0 aliphatic heterocycles. The van der Waals surface area contributed by atoms with Gasteiger partial charge in [-0.15, -0.1) is 22.7 Å². The predicted molar refractivity (Wildman–Crippen MR) is 115 cm³/mol. The maximum Gasteiger partial charge on any atom is 0.321 e. The summed E-state index contributed by atoms with van der Waals surface area (Å²) < 4.78 is 1.44. The number of nitrogens with zero attached hydrogens (tertiary/aromatic N) is 2. The fourth-order valence-corrected chi connectivity index (χ4v) is 5.45. The number of thiophene rings is 2. The molecule has 29 heavy (non-hydrogen) atoms. The number of imide groups is 1. The summed E-state index contributed by atoms with van der Waals surface area (Å²) in [5.41, 5.74) is 0.718. The van der Waals surface area contributed by atoms with Crippen LogP contribution >= 0.6 is 22.7 Å². The van der Waals surface area contributed by atoms with Crippen LogP contribution in [0.5, 0.6) is 0 Å². The summed E-state index contributed by atoms with van der Waals surface area (Å²) in [6, 6.07) is 3.72. The minimum Gasteiger partial charge on any atom is -0.335 e. The van der Waals surface area contributed by atoms with E-state index < -0.39 is 11.9 Å². The van der Waals surface area contributed by atoms with Crippen LogP contribution in [-0.2, 0) is 11.3 Å². The standard InChI is InChI=1S/C20H22N4O3S2/c1-12-6-7-15(29-12)14-10-28-18-17(14)19(26)24(11-21-18)9-8-16(25)23-20(27)22-13-4-2-3-5-13/h6-7,10-11,13H,2-5,8-9H2,1H3,(H2,22,23,25,27). The number of hydrogen-bond acceptors (Lipinski definition) is 6. The summed E-state index contributed by atoms with van der Waals surface area (Å²) in [6.45, 7) is 2.20. The van der Waals surface area contributed by atoms with Crippen molar-refractivity contribution >= 4 is 44.8 Å². The maximum atomic E-state index is 13.0. The smallest absolute Gasteiger partial charge is 0.321 e. The zero-order valence-corrected chi connectivity index (χ0v) is 17.7. The minimum absolute atomic E-state index is 0.0305. The normalized spacial score (nSPS) is 14.4. The Morgan fingerprint density at radius 3 is 2.79 bits per heavy atom. The Balaban J connectivity index is 1.44.